The molecule has 0 aliphatic rings. The van der Waals surface area contributed by atoms with Crippen molar-refractivity contribution >= 4 is 34.6 Å². The van der Waals surface area contributed by atoms with Gasteiger partial charge in [0.05, 0.1) is 12.1 Å². The third kappa shape index (κ3) is 8.29. The molecule has 0 aliphatic heterocycles. The minimum atomic E-state index is -1.42. The van der Waals surface area contributed by atoms with Gasteiger partial charge < -0.3 is 36.9 Å². The number of aliphatic hydroxyl groups excluding tert-OH is 1. The quantitative estimate of drug-likeness (QED) is 0.190. The Bertz CT molecular complexity index is 1110. The maximum atomic E-state index is 13.2. The van der Waals surface area contributed by atoms with Crippen LogP contribution in [0.2, 0.25) is 0 Å². The van der Waals surface area contributed by atoms with Crippen LogP contribution in [-0.4, -0.2) is 69.2 Å². The van der Waals surface area contributed by atoms with E-state index in [1.165, 1.54) is 6.92 Å². The zero-order valence-electron chi connectivity index (χ0n) is 22.7. The Balaban J connectivity index is 2.12. The summed E-state index contributed by atoms with van der Waals surface area (Å²) in [5.41, 5.74) is 7.99. The van der Waals surface area contributed by atoms with E-state index in [0.29, 0.717) is 6.42 Å². The molecule has 3 amide bonds. The molecule has 210 valence electrons. The zero-order chi connectivity index (χ0) is 28.6. The monoisotopic (exact) mass is 531 g/mol. The molecule has 1 aromatic heterocycles. The van der Waals surface area contributed by atoms with Gasteiger partial charge in [0.25, 0.3) is 0 Å². The summed E-state index contributed by atoms with van der Waals surface area (Å²) >= 11 is 0. The molecule has 0 spiro atoms. The molecule has 0 aliphatic carbocycles. The number of aromatic amines is 1. The highest BCUT2D eigenvalue weighted by Crippen LogP contribution is 2.19. The van der Waals surface area contributed by atoms with Crippen molar-refractivity contribution in [2.24, 2.45) is 17.6 Å². The number of carbonyl (C=O) groups is 4. The van der Waals surface area contributed by atoms with E-state index in [1.807, 2.05) is 45.0 Å². The van der Waals surface area contributed by atoms with Crippen LogP contribution in [-0.2, 0) is 25.6 Å². The smallest absolute Gasteiger partial charge is 0.326 e. The Morgan fingerprint density at radius 1 is 0.947 bits per heavy atom. The van der Waals surface area contributed by atoms with Crippen LogP contribution in [0.4, 0.5) is 0 Å². The molecule has 1 aromatic carbocycles. The highest BCUT2D eigenvalue weighted by Gasteiger charge is 2.34. The number of hydrogen-bond acceptors (Lipinski definition) is 6. The van der Waals surface area contributed by atoms with Crippen LogP contribution in [0, 0.1) is 11.8 Å². The van der Waals surface area contributed by atoms with Gasteiger partial charge in [-0.15, -0.1) is 0 Å². The first-order valence-electron chi connectivity index (χ1n) is 13.0. The van der Waals surface area contributed by atoms with Gasteiger partial charge in [-0.3, -0.25) is 14.4 Å². The van der Waals surface area contributed by atoms with Crippen LogP contribution in [0.25, 0.3) is 10.9 Å². The molecule has 1 heterocycles. The summed E-state index contributed by atoms with van der Waals surface area (Å²) in [4.78, 5) is 53.8. The summed E-state index contributed by atoms with van der Waals surface area (Å²) in [6.45, 7) is 8.58. The molecule has 0 saturated carbocycles. The molecule has 0 fully saturated rings. The lowest BCUT2D eigenvalue weighted by Gasteiger charge is -2.29. The lowest BCUT2D eigenvalue weighted by molar-refractivity contribution is -0.143. The minimum Gasteiger partial charge on any atom is -0.480 e. The number of aliphatic carboxylic acids is 1. The lowest BCUT2D eigenvalue weighted by atomic mass is 9.96. The third-order valence-corrected chi connectivity index (χ3v) is 6.63. The maximum absolute atomic E-state index is 13.2. The number of nitrogens with two attached hydrogens (primary N) is 1. The third-order valence-electron chi connectivity index (χ3n) is 6.63. The van der Waals surface area contributed by atoms with Crippen molar-refractivity contribution in [3.05, 3.63) is 36.0 Å². The number of aliphatic hydroxyl groups is 1. The molecule has 2 aromatic rings. The number of H-pyrrole nitrogens is 1. The maximum Gasteiger partial charge on any atom is 0.326 e. The van der Waals surface area contributed by atoms with Gasteiger partial charge in [-0.25, -0.2) is 4.79 Å². The summed E-state index contributed by atoms with van der Waals surface area (Å²) in [5.74, 6) is -3.57. The molecule has 0 saturated heterocycles. The second-order valence-corrected chi connectivity index (χ2v) is 10.3. The molecule has 11 heteroatoms. The summed E-state index contributed by atoms with van der Waals surface area (Å²) in [6.07, 6.45) is 1.45. The van der Waals surface area contributed by atoms with Crippen molar-refractivity contribution in [2.45, 2.75) is 84.2 Å². The van der Waals surface area contributed by atoms with E-state index in [0.717, 1.165) is 16.5 Å². The van der Waals surface area contributed by atoms with E-state index >= 15 is 0 Å². The summed E-state index contributed by atoms with van der Waals surface area (Å²) in [7, 11) is 0. The Labute approximate surface area is 222 Å². The zero-order valence-corrected chi connectivity index (χ0v) is 22.7. The van der Waals surface area contributed by atoms with Crippen LogP contribution < -0.4 is 21.7 Å². The van der Waals surface area contributed by atoms with Crippen molar-refractivity contribution < 1.29 is 29.4 Å². The number of para-hydroxylation sites is 1. The number of rotatable bonds is 14. The topological polar surface area (TPSA) is 187 Å². The van der Waals surface area contributed by atoms with E-state index in [-0.39, 0.29) is 24.7 Å². The summed E-state index contributed by atoms with van der Waals surface area (Å²) < 4.78 is 0. The van der Waals surface area contributed by atoms with Crippen molar-refractivity contribution in [1.29, 1.82) is 0 Å². The van der Waals surface area contributed by atoms with Crippen LogP contribution in [0.3, 0.4) is 0 Å². The van der Waals surface area contributed by atoms with E-state index in [2.05, 4.69) is 20.9 Å². The number of hydrogen-bond donors (Lipinski definition) is 7. The molecular weight excluding hydrogens is 490 g/mol. The van der Waals surface area contributed by atoms with Crippen molar-refractivity contribution in [2.75, 3.05) is 0 Å². The number of aromatic nitrogens is 1. The Morgan fingerprint density at radius 3 is 2.13 bits per heavy atom. The Hall–Kier alpha value is -3.44. The second-order valence-electron chi connectivity index (χ2n) is 10.3. The van der Waals surface area contributed by atoms with Gasteiger partial charge in [0, 0.05) is 17.1 Å². The first-order valence-corrected chi connectivity index (χ1v) is 13.0. The molecule has 6 atom stereocenters. The van der Waals surface area contributed by atoms with Gasteiger partial charge in [-0.2, -0.15) is 0 Å². The standard InChI is InChI=1S/C27H41N5O6/c1-6-15(4)22(31-24(34)19(28)12-17-13-29-20-10-8-7-9-18(17)20)25(35)32-23(16(5)33)26(36)30-21(27(37)38)11-14(2)3/h7-10,13-16,19,21-23,29,33H,6,11-12,28H2,1-5H3,(H,30,36)(H,31,34)(H,32,35)(H,37,38). The average molecular weight is 532 g/mol. The van der Waals surface area contributed by atoms with Gasteiger partial charge in [-0.05, 0) is 43.2 Å². The summed E-state index contributed by atoms with van der Waals surface area (Å²) in [6, 6.07) is 3.09. The highest BCUT2D eigenvalue weighted by atomic mass is 16.4. The van der Waals surface area contributed by atoms with Gasteiger partial charge in [0.1, 0.15) is 18.1 Å². The first kappa shape index (κ1) is 30.8. The molecule has 38 heavy (non-hydrogen) atoms. The average Bonchev–Trinajstić information content (AvgIpc) is 3.26. The molecule has 11 nitrogen and oxygen atoms in total. The van der Waals surface area contributed by atoms with Gasteiger partial charge >= 0.3 is 5.97 Å². The molecular formula is C27H41N5O6. The van der Waals surface area contributed by atoms with Gasteiger partial charge in [0.15, 0.2) is 0 Å². The van der Waals surface area contributed by atoms with Crippen molar-refractivity contribution in [1.82, 2.24) is 20.9 Å². The number of fused-ring (bicyclic) bond motifs is 1. The predicted molar refractivity (Wildman–Crippen MR) is 144 cm³/mol. The Kier molecular flexibility index (Phi) is 11.3. The van der Waals surface area contributed by atoms with E-state index in [9.17, 15) is 29.4 Å². The van der Waals surface area contributed by atoms with Crippen LogP contribution in [0.1, 0.15) is 53.0 Å². The number of carbonyl (C=O) groups excluding carboxylic acids is 3. The molecule has 0 radical (unpaired) electrons. The first-order chi connectivity index (χ1) is 17.8. The molecule has 0 bridgehead atoms. The fourth-order valence-electron chi connectivity index (χ4n) is 4.19. The van der Waals surface area contributed by atoms with Gasteiger partial charge in [0.2, 0.25) is 17.7 Å². The Morgan fingerprint density at radius 2 is 1.55 bits per heavy atom. The van der Waals surface area contributed by atoms with Crippen molar-refractivity contribution in [3.8, 4) is 0 Å². The number of carboxylic acids is 1. The molecule has 6 unspecified atom stereocenters. The fourth-order valence-corrected chi connectivity index (χ4v) is 4.19. The normalized spacial score (nSPS) is 16.2. The highest BCUT2D eigenvalue weighted by molar-refractivity contribution is 5.94. The van der Waals surface area contributed by atoms with E-state index < -0.39 is 54.0 Å². The van der Waals surface area contributed by atoms with Crippen molar-refractivity contribution in [3.63, 3.8) is 0 Å². The fraction of sp³-hybridized carbons (Fsp3) is 0.556. The predicted octanol–water partition coefficient (Wildman–Crippen LogP) is 1.05. The van der Waals surface area contributed by atoms with Gasteiger partial charge in [-0.1, -0.05) is 52.3 Å². The summed E-state index contributed by atoms with van der Waals surface area (Å²) in [5, 5.41) is 28.2. The lowest BCUT2D eigenvalue weighted by Crippen LogP contribution is -2.61. The number of nitrogens with one attached hydrogen (secondary N) is 4. The molecule has 8 N–H and O–H groups in total. The number of carboxylic acid groups (broad SMARTS) is 1. The van der Waals surface area contributed by atoms with E-state index in [1.54, 1.807) is 13.1 Å². The largest absolute Gasteiger partial charge is 0.480 e. The van der Waals surface area contributed by atoms with Crippen LogP contribution in [0.15, 0.2) is 30.5 Å². The number of benzene rings is 1. The van der Waals surface area contributed by atoms with Crippen LogP contribution in [0.5, 0.6) is 0 Å². The second kappa shape index (κ2) is 13.9. The molecule has 2 rings (SSSR count). The number of amides is 3. The minimum absolute atomic E-state index is 0.00514. The SMILES string of the molecule is CCC(C)C(NC(=O)C(N)Cc1c[nH]c2ccccc12)C(=O)NC(C(=O)NC(CC(C)C)C(=O)O)C(C)O. The van der Waals surface area contributed by atoms with E-state index in [4.69, 9.17) is 5.73 Å². The van der Waals surface area contributed by atoms with Crippen LogP contribution >= 0.6 is 0 Å².